The Labute approximate surface area is 107 Å². The van der Waals surface area contributed by atoms with Gasteiger partial charge in [-0.2, -0.15) is 0 Å². The average Bonchev–Trinajstić information content (AvgIpc) is 2.29. The highest BCUT2D eigenvalue weighted by Crippen LogP contribution is 2.08. The highest BCUT2D eigenvalue weighted by atomic mass is 14.9. The Morgan fingerprint density at radius 2 is 1.76 bits per heavy atom. The minimum Gasteiger partial charge on any atom is -0.314 e. The quantitative estimate of drug-likeness (QED) is 0.752. The van der Waals surface area contributed by atoms with Crippen molar-refractivity contribution in [2.45, 2.75) is 53.0 Å². The van der Waals surface area contributed by atoms with Gasteiger partial charge in [-0.25, -0.2) is 0 Å². The fourth-order valence-electron chi connectivity index (χ4n) is 2.03. The molecule has 0 aliphatic heterocycles. The Hall–Kier alpha value is -0.820. The van der Waals surface area contributed by atoms with Gasteiger partial charge in [-0.15, -0.1) is 0 Å². The molecule has 1 N–H and O–H groups in total. The van der Waals surface area contributed by atoms with Crippen LogP contribution in [0.5, 0.6) is 0 Å². The van der Waals surface area contributed by atoms with Gasteiger partial charge in [0.1, 0.15) is 0 Å². The Morgan fingerprint density at radius 3 is 2.41 bits per heavy atom. The number of rotatable bonds is 7. The molecule has 1 atom stereocenters. The smallest absolute Gasteiger partial charge is 0.00389 e. The summed E-state index contributed by atoms with van der Waals surface area (Å²) < 4.78 is 0. The van der Waals surface area contributed by atoms with Gasteiger partial charge >= 0.3 is 0 Å². The van der Waals surface area contributed by atoms with Crippen molar-refractivity contribution in [3.63, 3.8) is 0 Å². The van der Waals surface area contributed by atoms with Crippen molar-refractivity contribution in [3.05, 3.63) is 35.4 Å². The van der Waals surface area contributed by atoms with Crippen LogP contribution in [0, 0.1) is 12.8 Å². The van der Waals surface area contributed by atoms with E-state index < -0.39 is 0 Å². The SMILES string of the molecule is Cc1ccccc1CCNC(C)CCC(C)C. The van der Waals surface area contributed by atoms with E-state index in [2.05, 4.69) is 57.3 Å². The van der Waals surface area contributed by atoms with E-state index >= 15 is 0 Å². The summed E-state index contributed by atoms with van der Waals surface area (Å²) in [6.07, 6.45) is 3.74. The van der Waals surface area contributed by atoms with E-state index in [1.165, 1.54) is 24.0 Å². The van der Waals surface area contributed by atoms with Gasteiger partial charge in [0.15, 0.2) is 0 Å². The van der Waals surface area contributed by atoms with E-state index in [1.54, 1.807) is 0 Å². The summed E-state index contributed by atoms with van der Waals surface area (Å²) in [7, 11) is 0. The van der Waals surface area contributed by atoms with Gasteiger partial charge in [0.05, 0.1) is 0 Å². The van der Waals surface area contributed by atoms with Crippen molar-refractivity contribution in [1.29, 1.82) is 0 Å². The van der Waals surface area contributed by atoms with Crippen LogP contribution in [0.4, 0.5) is 0 Å². The van der Waals surface area contributed by atoms with Gasteiger partial charge in [0.25, 0.3) is 0 Å². The summed E-state index contributed by atoms with van der Waals surface area (Å²) in [4.78, 5) is 0. The second kappa shape index (κ2) is 7.50. The Kier molecular flexibility index (Phi) is 6.28. The first-order chi connectivity index (χ1) is 8.09. The minimum absolute atomic E-state index is 0.640. The average molecular weight is 233 g/mol. The minimum atomic E-state index is 0.640. The lowest BCUT2D eigenvalue weighted by molar-refractivity contribution is 0.453. The Morgan fingerprint density at radius 1 is 1.06 bits per heavy atom. The van der Waals surface area contributed by atoms with Crippen molar-refractivity contribution < 1.29 is 0 Å². The van der Waals surface area contributed by atoms with E-state index in [9.17, 15) is 0 Å². The molecular formula is C16H27N. The maximum absolute atomic E-state index is 3.61. The van der Waals surface area contributed by atoms with E-state index in [1.807, 2.05) is 0 Å². The molecule has 1 heteroatoms. The standard InChI is InChI=1S/C16H27N/c1-13(2)9-10-15(4)17-12-11-16-8-6-5-7-14(16)3/h5-8,13,15,17H,9-12H2,1-4H3. The van der Waals surface area contributed by atoms with Crippen LogP contribution >= 0.6 is 0 Å². The molecule has 0 aliphatic rings. The summed E-state index contributed by atoms with van der Waals surface area (Å²) in [5.74, 6) is 0.815. The van der Waals surface area contributed by atoms with Gasteiger partial charge in [-0.3, -0.25) is 0 Å². The maximum atomic E-state index is 3.61. The normalized spacial score (nSPS) is 13.0. The highest BCUT2D eigenvalue weighted by Gasteiger charge is 2.03. The van der Waals surface area contributed by atoms with Crippen LogP contribution in [0.1, 0.15) is 44.7 Å². The van der Waals surface area contributed by atoms with Crippen molar-refractivity contribution in [3.8, 4) is 0 Å². The Bertz CT molecular complexity index is 317. The molecule has 0 aliphatic carbocycles. The third-order valence-electron chi connectivity index (χ3n) is 3.33. The lowest BCUT2D eigenvalue weighted by Gasteiger charge is -2.15. The number of nitrogens with one attached hydrogen (secondary N) is 1. The fourth-order valence-corrected chi connectivity index (χ4v) is 2.03. The van der Waals surface area contributed by atoms with Crippen LogP contribution in [0.25, 0.3) is 0 Å². The molecule has 0 saturated heterocycles. The number of benzene rings is 1. The van der Waals surface area contributed by atoms with Gasteiger partial charge in [0, 0.05) is 6.04 Å². The zero-order valence-electron chi connectivity index (χ0n) is 11.8. The number of aryl methyl sites for hydroxylation is 1. The molecule has 0 spiro atoms. The molecule has 1 unspecified atom stereocenters. The van der Waals surface area contributed by atoms with E-state index in [0.717, 1.165) is 18.9 Å². The summed E-state index contributed by atoms with van der Waals surface area (Å²) in [6, 6.07) is 9.30. The van der Waals surface area contributed by atoms with Crippen LogP contribution in [-0.4, -0.2) is 12.6 Å². The molecular weight excluding hydrogens is 206 g/mol. The molecule has 0 bridgehead atoms. The van der Waals surface area contributed by atoms with E-state index in [0.29, 0.717) is 6.04 Å². The van der Waals surface area contributed by atoms with Gasteiger partial charge in [-0.05, 0) is 56.7 Å². The molecule has 0 radical (unpaired) electrons. The van der Waals surface area contributed by atoms with Crippen LogP contribution in [0.2, 0.25) is 0 Å². The molecule has 0 heterocycles. The van der Waals surface area contributed by atoms with Crippen molar-refractivity contribution >= 4 is 0 Å². The summed E-state index contributed by atoms with van der Waals surface area (Å²) in [5, 5.41) is 3.61. The maximum Gasteiger partial charge on any atom is 0.00389 e. The summed E-state index contributed by atoms with van der Waals surface area (Å²) in [5.41, 5.74) is 2.88. The van der Waals surface area contributed by atoms with Gasteiger partial charge in [0.2, 0.25) is 0 Å². The highest BCUT2D eigenvalue weighted by molar-refractivity contribution is 5.25. The van der Waals surface area contributed by atoms with Gasteiger partial charge in [-0.1, -0.05) is 38.1 Å². The van der Waals surface area contributed by atoms with Gasteiger partial charge < -0.3 is 5.32 Å². The molecule has 1 nitrogen and oxygen atoms in total. The summed E-state index contributed by atoms with van der Waals surface area (Å²) in [6.45, 7) is 10.2. The molecule has 0 amide bonds. The number of hydrogen-bond acceptors (Lipinski definition) is 1. The molecule has 1 aromatic rings. The van der Waals surface area contributed by atoms with Crippen molar-refractivity contribution in [1.82, 2.24) is 5.32 Å². The Balaban J connectivity index is 2.21. The topological polar surface area (TPSA) is 12.0 Å². The largest absolute Gasteiger partial charge is 0.314 e. The molecule has 1 rings (SSSR count). The summed E-state index contributed by atoms with van der Waals surface area (Å²) >= 11 is 0. The fraction of sp³-hybridized carbons (Fsp3) is 0.625. The first kappa shape index (κ1) is 14.2. The van der Waals surface area contributed by atoms with Crippen molar-refractivity contribution in [2.75, 3.05) is 6.54 Å². The van der Waals surface area contributed by atoms with E-state index in [-0.39, 0.29) is 0 Å². The van der Waals surface area contributed by atoms with Crippen LogP contribution in [0.15, 0.2) is 24.3 Å². The lowest BCUT2D eigenvalue weighted by atomic mass is 10.0. The van der Waals surface area contributed by atoms with E-state index in [4.69, 9.17) is 0 Å². The number of hydrogen-bond donors (Lipinski definition) is 1. The molecule has 0 aromatic heterocycles. The second-order valence-electron chi connectivity index (χ2n) is 5.50. The third-order valence-corrected chi connectivity index (χ3v) is 3.33. The molecule has 1 aromatic carbocycles. The zero-order valence-corrected chi connectivity index (χ0v) is 11.8. The molecule has 0 saturated carbocycles. The second-order valence-corrected chi connectivity index (χ2v) is 5.50. The first-order valence-electron chi connectivity index (χ1n) is 6.87. The zero-order chi connectivity index (χ0) is 12.7. The first-order valence-corrected chi connectivity index (χ1v) is 6.87. The van der Waals surface area contributed by atoms with Crippen molar-refractivity contribution in [2.24, 2.45) is 5.92 Å². The monoisotopic (exact) mass is 233 g/mol. The van der Waals surface area contributed by atoms with Crippen LogP contribution < -0.4 is 5.32 Å². The lowest BCUT2D eigenvalue weighted by Crippen LogP contribution is -2.28. The van der Waals surface area contributed by atoms with Crippen LogP contribution in [-0.2, 0) is 6.42 Å². The molecule has 96 valence electrons. The molecule has 17 heavy (non-hydrogen) atoms. The predicted molar refractivity (Wildman–Crippen MR) is 76.4 cm³/mol. The third kappa shape index (κ3) is 5.88. The predicted octanol–water partition coefficient (Wildman–Crippen LogP) is 3.95. The van der Waals surface area contributed by atoms with Crippen LogP contribution in [0.3, 0.4) is 0 Å². The molecule has 0 fully saturated rings.